The first-order chi connectivity index (χ1) is 7.75. The second-order valence-electron chi connectivity index (χ2n) is 5.66. The van der Waals surface area contributed by atoms with E-state index in [1.54, 1.807) is 0 Å². The molecule has 0 saturated heterocycles. The number of carbonyl (C=O) groups excluding carboxylic acids is 2. The van der Waals surface area contributed by atoms with Crippen LogP contribution in [0.1, 0.15) is 47.5 Å². The summed E-state index contributed by atoms with van der Waals surface area (Å²) >= 11 is 0. The molecule has 0 saturated carbocycles. The number of nitrogens with one attached hydrogen (secondary N) is 2. The average molecular weight is 242 g/mol. The van der Waals surface area contributed by atoms with Gasteiger partial charge in [-0.05, 0) is 12.8 Å². The monoisotopic (exact) mass is 242 g/mol. The number of unbranched alkanes of at least 4 members (excludes halogenated alkanes) is 1. The van der Waals surface area contributed by atoms with Crippen molar-refractivity contribution in [1.29, 1.82) is 0 Å². The highest BCUT2D eigenvalue weighted by atomic mass is 16.2. The molecule has 0 heterocycles. The van der Waals surface area contributed by atoms with Gasteiger partial charge in [0.05, 0.1) is 0 Å². The second kappa shape index (κ2) is 7.30. The minimum Gasteiger partial charge on any atom is -0.356 e. The summed E-state index contributed by atoms with van der Waals surface area (Å²) in [5, 5.41) is 5.73. The predicted octanol–water partition coefficient (Wildman–Crippen LogP) is 1.70. The summed E-state index contributed by atoms with van der Waals surface area (Å²) in [5.74, 6) is 0.197. The summed E-state index contributed by atoms with van der Waals surface area (Å²) in [7, 11) is 0. The molecule has 0 rings (SSSR count). The van der Waals surface area contributed by atoms with Gasteiger partial charge in [0.1, 0.15) is 0 Å². The van der Waals surface area contributed by atoms with Crippen molar-refractivity contribution in [2.75, 3.05) is 13.1 Å². The lowest BCUT2D eigenvalue weighted by molar-refractivity contribution is -0.128. The maximum absolute atomic E-state index is 11.5. The van der Waals surface area contributed by atoms with Gasteiger partial charge in [0, 0.05) is 24.4 Å². The quantitative estimate of drug-likeness (QED) is 0.697. The third-order valence-corrected chi connectivity index (χ3v) is 2.39. The Labute approximate surface area is 105 Å². The van der Waals surface area contributed by atoms with E-state index in [1.165, 1.54) is 0 Å². The first-order valence-corrected chi connectivity index (χ1v) is 6.31. The van der Waals surface area contributed by atoms with Crippen molar-refractivity contribution in [2.45, 2.75) is 47.5 Å². The van der Waals surface area contributed by atoms with E-state index in [2.05, 4.69) is 10.6 Å². The van der Waals surface area contributed by atoms with Crippen molar-refractivity contribution in [3.63, 3.8) is 0 Å². The van der Waals surface area contributed by atoms with E-state index in [9.17, 15) is 9.59 Å². The molecule has 0 bridgehead atoms. The van der Waals surface area contributed by atoms with Gasteiger partial charge in [-0.3, -0.25) is 9.59 Å². The lowest BCUT2D eigenvalue weighted by Crippen LogP contribution is -2.35. The van der Waals surface area contributed by atoms with E-state index in [1.807, 2.05) is 34.6 Å². The molecule has 0 aliphatic heterocycles. The Hall–Kier alpha value is -1.06. The Morgan fingerprint density at radius 2 is 1.47 bits per heavy atom. The molecule has 0 atom stereocenters. The third-order valence-electron chi connectivity index (χ3n) is 2.39. The average Bonchev–Trinajstić information content (AvgIpc) is 2.20. The number of hydrogen-bond acceptors (Lipinski definition) is 2. The van der Waals surface area contributed by atoms with Crippen molar-refractivity contribution < 1.29 is 9.59 Å². The smallest absolute Gasteiger partial charge is 0.225 e. The van der Waals surface area contributed by atoms with E-state index < -0.39 is 0 Å². The van der Waals surface area contributed by atoms with Crippen LogP contribution in [0.4, 0.5) is 0 Å². The molecule has 17 heavy (non-hydrogen) atoms. The molecular weight excluding hydrogens is 216 g/mol. The van der Waals surface area contributed by atoms with Gasteiger partial charge in [-0.2, -0.15) is 0 Å². The van der Waals surface area contributed by atoms with Crippen molar-refractivity contribution >= 4 is 11.8 Å². The first kappa shape index (κ1) is 15.9. The summed E-state index contributed by atoms with van der Waals surface area (Å²) in [6, 6.07) is 0. The van der Waals surface area contributed by atoms with Crippen LogP contribution in [0.25, 0.3) is 0 Å². The number of rotatable bonds is 6. The van der Waals surface area contributed by atoms with Crippen LogP contribution >= 0.6 is 0 Å². The minimum atomic E-state index is -0.328. The van der Waals surface area contributed by atoms with Gasteiger partial charge < -0.3 is 10.6 Å². The van der Waals surface area contributed by atoms with Gasteiger partial charge >= 0.3 is 0 Å². The van der Waals surface area contributed by atoms with Gasteiger partial charge in [-0.1, -0.05) is 34.6 Å². The van der Waals surface area contributed by atoms with Crippen molar-refractivity contribution in [3.05, 3.63) is 0 Å². The van der Waals surface area contributed by atoms with E-state index in [-0.39, 0.29) is 23.1 Å². The molecule has 0 radical (unpaired) electrons. The molecule has 4 nitrogen and oxygen atoms in total. The molecule has 100 valence electrons. The fourth-order valence-electron chi connectivity index (χ4n) is 1.13. The zero-order valence-electron chi connectivity index (χ0n) is 11.7. The maximum Gasteiger partial charge on any atom is 0.225 e. The molecule has 0 aromatic carbocycles. The number of carbonyl (C=O) groups is 2. The molecular formula is C13H26N2O2. The van der Waals surface area contributed by atoms with Gasteiger partial charge in [0.25, 0.3) is 0 Å². The molecule has 4 heteroatoms. The Morgan fingerprint density at radius 1 is 1.00 bits per heavy atom. The molecule has 0 aromatic rings. The van der Waals surface area contributed by atoms with Crippen molar-refractivity contribution in [2.24, 2.45) is 11.3 Å². The molecule has 2 N–H and O–H groups in total. The Kier molecular flexibility index (Phi) is 6.85. The van der Waals surface area contributed by atoms with Crippen LogP contribution in [0.3, 0.4) is 0 Å². The van der Waals surface area contributed by atoms with E-state index in [4.69, 9.17) is 0 Å². The second-order valence-corrected chi connectivity index (χ2v) is 5.66. The van der Waals surface area contributed by atoms with Crippen LogP contribution in [-0.4, -0.2) is 24.9 Å². The highest BCUT2D eigenvalue weighted by molar-refractivity contribution is 5.81. The molecule has 2 amide bonds. The first-order valence-electron chi connectivity index (χ1n) is 6.31. The SMILES string of the molecule is CC(C)C(=O)NCCCCNC(=O)C(C)(C)C. The summed E-state index contributed by atoms with van der Waals surface area (Å²) in [4.78, 5) is 22.7. The van der Waals surface area contributed by atoms with Crippen molar-refractivity contribution in [3.8, 4) is 0 Å². The summed E-state index contributed by atoms with van der Waals surface area (Å²) in [6.45, 7) is 10.8. The minimum absolute atomic E-state index is 0.0376. The normalized spacial score (nSPS) is 11.4. The van der Waals surface area contributed by atoms with Crippen molar-refractivity contribution in [1.82, 2.24) is 10.6 Å². The summed E-state index contributed by atoms with van der Waals surface area (Å²) in [5.41, 5.74) is -0.328. The fourth-order valence-corrected chi connectivity index (χ4v) is 1.13. The largest absolute Gasteiger partial charge is 0.356 e. The zero-order valence-corrected chi connectivity index (χ0v) is 11.7. The molecule has 0 aliphatic rings. The zero-order chi connectivity index (χ0) is 13.5. The van der Waals surface area contributed by atoms with E-state index in [0.717, 1.165) is 12.8 Å². The van der Waals surface area contributed by atoms with E-state index in [0.29, 0.717) is 13.1 Å². The molecule has 0 aromatic heterocycles. The number of hydrogen-bond donors (Lipinski definition) is 2. The molecule has 0 fully saturated rings. The Morgan fingerprint density at radius 3 is 1.88 bits per heavy atom. The fraction of sp³-hybridized carbons (Fsp3) is 0.846. The topological polar surface area (TPSA) is 58.2 Å². The predicted molar refractivity (Wildman–Crippen MR) is 69.5 cm³/mol. The Bertz CT molecular complexity index is 255. The van der Waals surface area contributed by atoms with Crippen LogP contribution in [0.5, 0.6) is 0 Å². The summed E-state index contributed by atoms with van der Waals surface area (Å²) in [6.07, 6.45) is 1.78. The third kappa shape index (κ3) is 7.77. The highest BCUT2D eigenvalue weighted by Crippen LogP contribution is 2.12. The molecule has 0 spiro atoms. The molecule has 0 unspecified atom stereocenters. The van der Waals surface area contributed by atoms with Crippen LogP contribution in [0.15, 0.2) is 0 Å². The van der Waals surface area contributed by atoms with Crippen LogP contribution in [0, 0.1) is 11.3 Å². The Balaban J connectivity index is 3.48. The van der Waals surface area contributed by atoms with E-state index >= 15 is 0 Å². The van der Waals surface area contributed by atoms with Gasteiger partial charge in [0.2, 0.25) is 11.8 Å². The van der Waals surface area contributed by atoms with Crippen LogP contribution < -0.4 is 10.6 Å². The standard InChI is InChI=1S/C13H26N2O2/c1-10(2)11(16)14-8-6-7-9-15-12(17)13(3,4)5/h10H,6-9H2,1-5H3,(H,14,16)(H,15,17). The molecule has 0 aliphatic carbocycles. The maximum atomic E-state index is 11.5. The number of amides is 2. The summed E-state index contributed by atoms with van der Waals surface area (Å²) < 4.78 is 0. The van der Waals surface area contributed by atoms with Gasteiger partial charge in [-0.15, -0.1) is 0 Å². The van der Waals surface area contributed by atoms with Gasteiger partial charge in [-0.25, -0.2) is 0 Å². The highest BCUT2D eigenvalue weighted by Gasteiger charge is 2.19. The lowest BCUT2D eigenvalue weighted by Gasteiger charge is -2.17. The van der Waals surface area contributed by atoms with Crippen LogP contribution in [0.2, 0.25) is 0 Å². The lowest BCUT2D eigenvalue weighted by atomic mass is 9.96. The van der Waals surface area contributed by atoms with Crippen LogP contribution in [-0.2, 0) is 9.59 Å². The van der Waals surface area contributed by atoms with Gasteiger partial charge in [0.15, 0.2) is 0 Å².